The van der Waals surface area contributed by atoms with Crippen LogP contribution in [0.15, 0.2) is 0 Å². The number of rotatable bonds is 4. The first-order valence-corrected chi connectivity index (χ1v) is 9.22. The quantitative estimate of drug-likeness (QED) is 0.793. The molecular weight excluding hydrogens is 262 g/mol. The summed E-state index contributed by atoms with van der Waals surface area (Å²) in [6, 6.07) is -0.0829. The molecule has 2 fully saturated rings. The number of amides is 1. The van der Waals surface area contributed by atoms with Crippen LogP contribution in [0.1, 0.15) is 46.0 Å². The van der Waals surface area contributed by atoms with Crippen LogP contribution < -0.4 is 0 Å². The highest BCUT2D eigenvalue weighted by molar-refractivity contribution is 7.91. The molecule has 2 rings (SSSR count). The molecule has 1 saturated carbocycles. The van der Waals surface area contributed by atoms with Gasteiger partial charge in [0.1, 0.15) is 0 Å². The summed E-state index contributed by atoms with van der Waals surface area (Å²) in [6.45, 7) is 4.85. The normalized spacial score (nSPS) is 27.0. The Bertz CT molecular complexity index is 424. The van der Waals surface area contributed by atoms with Crippen molar-refractivity contribution in [3.05, 3.63) is 0 Å². The molecule has 0 radical (unpaired) electrons. The van der Waals surface area contributed by atoms with Gasteiger partial charge in [-0.25, -0.2) is 8.42 Å². The Labute approximate surface area is 116 Å². The molecule has 0 spiro atoms. The second-order valence-electron chi connectivity index (χ2n) is 6.42. The number of sulfone groups is 1. The van der Waals surface area contributed by atoms with Gasteiger partial charge in [0.2, 0.25) is 5.91 Å². The van der Waals surface area contributed by atoms with E-state index in [4.69, 9.17) is 0 Å². The van der Waals surface area contributed by atoms with Crippen molar-refractivity contribution >= 4 is 15.7 Å². The first-order chi connectivity index (χ1) is 8.89. The van der Waals surface area contributed by atoms with Gasteiger partial charge < -0.3 is 4.90 Å². The van der Waals surface area contributed by atoms with E-state index in [2.05, 4.69) is 13.8 Å². The molecule has 0 aromatic heterocycles. The topological polar surface area (TPSA) is 54.5 Å². The van der Waals surface area contributed by atoms with E-state index in [1.54, 1.807) is 0 Å². The Morgan fingerprint density at radius 2 is 1.84 bits per heavy atom. The van der Waals surface area contributed by atoms with Gasteiger partial charge >= 0.3 is 0 Å². The first-order valence-electron chi connectivity index (χ1n) is 7.40. The standard InChI is InChI=1S/C14H25NO3S/c1-11(2)9-15(13-7-8-19(17,18)10-13)14(16)12-5-3-4-6-12/h11-13H,3-10H2,1-2H3/t13-/m0/s1. The van der Waals surface area contributed by atoms with Crippen molar-refractivity contribution in [1.29, 1.82) is 0 Å². The van der Waals surface area contributed by atoms with Gasteiger partial charge in [0, 0.05) is 18.5 Å². The highest BCUT2D eigenvalue weighted by Crippen LogP contribution is 2.29. The van der Waals surface area contributed by atoms with Crippen LogP contribution in [-0.2, 0) is 14.6 Å². The van der Waals surface area contributed by atoms with Crippen molar-refractivity contribution in [2.24, 2.45) is 11.8 Å². The molecule has 1 aliphatic carbocycles. The van der Waals surface area contributed by atoms with Crippen LogP contribution in [0.5, 0.6) is 0 Å². The maximum atomic E-state index is 12.6. The Balaban J connectivity index is 2.09. The number of carbonyl (C=O) groups excluding carboxylic acids is 1. The third-order valence-electron chi connectivity index (χ3n) is 4.20. The molecule has 1 saturated heterocycles. The minimum atomic E-state index is -2.93. The lowest BCUT2D eigenvalue weighted by atomic mass is 10.0. The molecular formula is C14H25NO3S. The predicted octanol–water partition coefficient (Wildman–Crippen LogP) is 1.85. The van der Waals surface area contributed by atoms with Crippen molar-refractivity contribution in [3.63, 3.8) is 0 Å². The third-order valence-corrected chi connectivity index (χ3v) is 5.95. The highest BCUT2D eigenvalue weighted by Gasteiger charge is 2.37. The molecule has 5 heteroatoms. The van der Waals surface area contributed by atoms with Crippen LogP contribution in [0.3, 0.4) is 0 Å². The Hall–Kier alpha value is -0.580. The number of carbonyl (C=O) groups is 1. The van der Waals surface area contributed by atoms with E-state index in [1.807, 2.05) is 4.90 Å². The minimum Gasteiger partial charge on any atom is -0.338 e. The van der Waals surface area contributed by atoms with Crippen LogP contribution in [0, 0.1) is 11.8 Å². The maximum absolute atomic E-state index is 12.6. The SMILES string of the molecule is CC(C)CN(C(=O)C1CCCC1)[C@H]1CCS(=O)(=O)C1. The molecule has 4 nitrogen and oxygen atoms in total. The average Bonchev–Trinajstić information content (AvgIpc) is 2.94. The molecule has 1 heterocycles. The highest BCUT2D eigenvalue weighted by atomic mass is 32.2. The number of nitrogens with zero attached hydrogens (tertiary/aromatic N) is 1. The fourth-order valence-electron chi connectivity index (χ4n) is 3.24. The molecule has 0 aromatic carbocycles. The summed E-state index contributed by atoms with van der Waals surface area (Å²) in [7, 11) is -2.93. The van der Waals surface area contributed by atoms with Crippen molar-refractivity contribution in [1.82, 2.24) is 4.90 Å². The van der Waals surface area contributed by atoms with Crippen molar-refractivity contribution in [2.75, 3.05) is 18.1 Å². The summed E-state index contributed by atoms with van der Waals surface area (Å²) < 4.78 is 23.3. The monoisotopic (exact) mass is 287 g/mol. The van der Waals surface area contributed by atoms with Crippen LogP contribution >= 0.6 is 0 Å². The smallest absolute Gasteiger partial charge is 0.225 e. The van der Waals surface area contributed by atoms with Gasteiger partial charge in [-0.1, -0.05) is 26.7 Å². The summed E-state index contributed by atoms with van der Waals surface area (Å²) in [5.74, 6) is 1.13. The van der Waals surface area contributed by atoms with Gasteiger partial charge in [0.25, 0.3) is 0 Å². The Morgan fingerprint density at radius 1 is 1.21 bits per heavy atom. The molecule has 0 aromatic rings. The van der Waals surface area contributed by atoms with Gasteiger partial charge in [-0.3, -0.25) is 4.79 Å². The summed E-state index contributed by atoms with van der Waals surface area (Å²) in [5.41, 5.74) is 0. The Morgan fingerprint density at radius 3 is 2.32 bits per heavy atom. The summed E-state index contributed by atoms with van der Waals surface area (Å²) in [4.78, 5) is 14.5. The van der Waals surface area contributed by atoms with E-state index in [1.165, 1.54) is 0 Å². The number of hydrogen-bond donors (Lipinski definition) is 0. The van der Waals surface area contributed by atoms with Crippen LogP contribution in [0.2, 0.25) is 0 Å². The molecule has 0 unspecified atom stereocenters. The van der Waals surface area contributed by atoms with Gasteiger partial charge in [-0.05, 0) is 25.2 Å². The Kier molecular flexibility index (Phi) is 4.54. The largest absolute Gasteiger partial charge is 0.338 e. The molecule has 1 aliphatic heterocycles. The van der Waals surface area contributed by atoms with Gasteiger partial charge in [-0.2, -0.15) is 0 Å². The number of hydrogen-bond acceptors (Lipinski definition) is 3. The fraction of sp³-hybridized carbons (Fsp3) is 0.929. The zero-order chi connectivity index (χ0) is 14.0. The van der Waals surface area contributed by atoms with Crippen molar-refractivity contribution in [2.45, 2.75) is 52.0 Å². The second kappa shape index (κ2) is 5.81. The molecule has 1 amide bonds. The average molecular weight is 287 g/mol. The van der Waals surface area contributed by atoms with E-state index < -0.39 is 9.84 Å². The van der Waals surface area contributed by atoms with Crippen LogP contribution in [0.25, 0.3) is 0 Å². The first kappa shape index (κ1) is 14.8. The zero-order valence-electron chi connectivity index (χ0n) is 12.0. The van der Waals surface area contributed by atoms with Crippen LogP contribution in [0.4, 0.5) is 0 Å². The van der Waals surface area contributed by atoms with Gasteiger partial charge in [0.15, 0.2) is 9.84 Å². The van der Waals surface area contributed by atoms with E-state index in [-0.39, 0.29) is 29.4 Å². The molecule has 0 N–H and O–H groups in total. The molecule has 110 valence electrons. The maximum Gasteiger partial charge on any atom is 0.225 e. The molecule has 19 heavy (non-hydrogen) atoms. The fourth-order valence-corrected chi connectivity index (χ4v) is 4.97. The lowest BCUT2D eigenvalue weighted by molar-refractivity contribution is -0.137. The molecule has 0 bridgehead atoms. The molecule has 1 atom stereocenters. The zero-order valence-corrected chi connectivity index (χ0v) is 12.8. The third kappa shape index (κ3) is 3.71. The van der Waals surface area contributed by atoms with Crippen molar-refractivity contribution in [3.8, 4) is 0 Å². The van der Waals surface area contributed by atoms with Gasteiger partial charge in [0.05, 0.1) is 11.5 Å². The van der Waals surface area contributed by atoms with E-state index >= 15 is 0 Å². The van der Waals surface area contributed by atoms with Crippen LogP contribution in [-0.4, -0.2) is 43.3 Å². The van der Waals surface area contributed by atoms with Crippen molar-refractivity contribution < 1.29 is 13.2 Å². The van der Waals surface area contributed by atoms with E-state index in [0.717, 1.165) is 25.7 Å². The summed E-state index contributed by atoms with van der Waals surface area (Å²) in [5, 5.41) is 0. The van der Waals surface area contributed by atoms with E-state index in [0.29, 0.717) is 18.9 Å². The van der Waals surface area contributed by atoms with E-state index in [9.17, 15) is 13.2 Å². The minimum absolute atomic E-state index is 0.0829. The molecule has 2 aliphatic rings. The summed E-state index contributed by atoms with van der Waals surface area (Å²) >= 11 is 0. The summed E-state index contributed by atoms with van der Waals surface area (Å²) in [6.07, 6.45) is 4.84. The second-order valence-corrected chi connectivity index (χ2v) is 8.65. The van der Waals surface area contributed by atoms with Gasteiger partial charge in [-0.15, -0.1) is 0 Å². The lowest BCUT2D eigenvalue weighted by Crippen LogP contribution is -2.45. The lowest BCUT2D eigenvalue weighted by Gasteiger charge is -2.32. The predicted molar refractivity (Wildman–Crippen MR) is 75.6 cm³/mol.